The number of nitrogens with one attached hydrogen (secondary N) is 2. The molecule has 0 atom stereocenters. The number of para-hydroxylation sites is 1. The van der Waals surface area contributed by atoms with Crippen molar-refractivity contribution in [1.82, 2.24) is 5.16 Å². The molecule has 3 rings (SSSR count). The summed E-state index contributed by atoms with van der Waals surface area (Å²) in [6, 6.07) is 15.5. The van der Waals surface area contributed by atoms with Crippen LogP contribution in [0.5, 0.6) is 5.75 Å². The normalized spacial score (nSPS) is 10.4. The second-order valence-corrected chi connectivity index (χ2v) is 5.79. The lowest BCUT2D eigenvalue weighted by Gasteiger charge is -2.06. The molecule has 0 aliphatic rings. The Balaban J connectivity index is 1.67. The van der Waals surface area contributed by atoms with Gasteiger partial charge in [-0.25, -0.2) is 0 Å². The molecule has 0 bridgehead atoms. The molecule has 8 nitrogen and oxygen atoms in total. The van der Waals surface area contributed by atoms with Gasteiger partial charge in [0, 0.05) is 24.6 Å². The number of hydrogen-bond acceptors (Lipinski definition) is 6. The summed E-state index contributed by atoms with van der Waals surface area (Å²) >= 11 is 0. The van der Waals surface area contributed by atoms with Gasteiger partial charge in [-0.2, -0.15) is 0 Å². The van der Waals surface area contributed by atoms with Crippen LogP contribution in [0.25, 0.3) is 11.3 Å². The van der Waals surface area contributed by atoms with Gasteiger partial charge in [0.25, 0.3) is 5.91 Å². The largest absolute Gasteiger partial charge is 0.496 e. The van der Waals surface area contributed by atoms with E-state index in [1.165, 1.54) is 7.11 Å². The fourth-order valence-corrected chi connectivity index (χ4v) is 2.52. The maximum atomic E-state index is 12.4. The molecule has 1 aromatic heterocycles. The Labute approximate surface area is 161 Å². The quantitative estimate of drug-likeness (QED) is 0.652. The van der Waals surface area contributed by atoms with E-state index < -0.39 is 5.91 Å². The predicted octanol–water partition coefficient (Wildman–Crippen LogP) is 3.19. The van der Waals surface area contributed by atoms with Gasteiger partial charge in [-0.05, 0) is 36.4 Å². The van der Waals surface area contributed by atoms with Crippen molar-refractivity contribution in [2.24, 2.45) is 0 Å². The minimum absolute atomic E-state index is 0.0286. The van der Waals surface area contributed by atoms with Crippen molar-refractivity contribution in [3.63, 3.8) is 0 Å². The van der Waals surface area contributed by atoms with Crippen LogP contribution in [0.3, 0.4) is 0 Å². The smallest absolute Gasteiger partial charge is 0.277 e. The third-order valence-corrected chi connectivity index (χ3v) is 3.82. The van der Waals surface area contributed by atoms with E-state index in [4.69, 9.17) is 14.0 Å². The zero-order valence-corrected chi connectivity index (χ0v) is 15.4. The molecule has 2 amide bonds. The highest BCUT2D eigenvalue weighted by Crippen LogP contribution is 2.30. The molecule has 2 N–H and O–H groups in total. The van der Waals surface area contributed by atoms with Crippen LogP contribution in [0.4, 0.5) is 11.4 Å². The van der Waals surface area contributed by atoms with Gasteiger partial charge in [0.15, 0.2) is 11.5 Å². The first kappa shape index (κ1) is 19.1. The highest BCUT2D eigenvalue weighted by atomic mass is 16.5. The minimum atomic E-state index is -0.416. The van der Waals surface area contributed by atoms with Crippen molar-refractivity contribution < 1.29 is 23.6 Å². The van der Waals surface area contributed by atoms with E-state index in [0.717, 1.165) is 0 Å². The standard InChI is InChI=1S/C20H19N3O5/c1-26-12-19(24)21-13-7-9-14(10-8-13)22-20(25)16-11-18(28-23-16)15-5-3-4-6-17(15)27-2/h3-11H,12H2,1-2H3,(H,21,24)(H,22,25). The van der Waals surface area contributed by atoms with E-state index in [0.29, 0.717) is 28.4 Å². The average Bonchev–Trinajstić information content (AvgIpc) is 3.20. The molecule has 144 valence electrons. The maximum absolute atomic E-state index is 12.4. The van der Waals surface area contributed by atoms with Crippen LogP contribution >= 0.6 is 0 Å². The van der Waals surface area contributed by atoms with Gasteiger partial charge >= 0.3 is 0 Å². The minimum Gasteiger partial charge on any atom is -0.496 e. The fraction of sp³-hybridized carbons (Fsp3) is 0.150. The molecule has 0 aliphatic carbocycles. The molecule has 8 heteroatoms. The number of benzene rings is 2. The molecule has 0 aliphatic heterocycles. The molecule has 0 unspecified atom stereocenters. The summed E-state index contributed by atoms with van der Waals surface area (Å²) in [6.45, 7) is -0.0286. The number of aromatic nitrogens is 1. The first-order chi connectivity index (χ1) is 13.6. The van der Waals surface area contributed by atoms with E-state index in [2.05, 4.69) is 15.8 Å². The number of ether oxygens (including phenoxy) is 2. The molecule has 0 spiro atoms. The molecule has 0 fully saturated rings. The number of rotatable bonds is 7. The van der Waals surface area contributed by atoms with Gasteiger partial charge in [0.2, 0.25) is 5.91 Å². The van der Waals surface area contributed by atoms with Crippen molar-refractivity contribution in [2.75, 3.05) is 31.5 Å². The van der Waals surface area contributed by atoms with Crippen LogP contribution in [0.1, 0.15) is 10.5 Å². The maximum Gasteiger partial charge on any atom is 0.277 e. The third kappa shape index (κ3) is 4.54. The molecule has 3 aromatic rings. The Hall–Kier alpha value is -3.65. The summed E-state index contributed by atoms with van der Waals surface area (Å²) < 4.78 is 15.3. The highest BCUT2D eigenvalue weighted by Gasteiger charge is 2.16. The van der Waals surface area contributed by atoms with Crippen molar-refractivity contribution in [3.05, 3.63) is 60.3 Å². The van der Waals surface area contributed by atoms with Crippen LogP contribution in [-0.2, 0) is 9.53 Å². The summed E-state index contributed by atoms with van der Waals surface area (Å²) in [5, 5.41) is 9.23. The van der Waals surface area contributed by atoms with Gasteiger partial charge in [0.1, 0.15) is 12.4 Å². The van der Waals surface area contributed by atoms with E-state index in [1.807, 2.05) is 18.2 Å². The molecular formula is C20H19N3O5. The van der Waals surface area contributed by atoms with Crippen LogP contribution in [0.2, 0.25) is 0 Å². The molecule has 0 radical (unpaired) electrons. The molecule has 0 saturated carbocycles. The van der Waals surface area contributed by atoms with E-state index in [9.17, 15) is 9.59 Å². The zero-order chi connectivity index (χ0) is 19.9. The van der Waals surface area contributed by atoms with Crippen molar-refractivity contribution in [3.8, 4) is 17.1 Å². The first-order valence-corrected chi connectivity index (χ1v) is 8.41. The van der Waals surface area contributed by atoms with Crippen LogP contribution < -0.4 is 15.4 Å². The second-order valence-electron chi connectivity index (χ2n) is 5.79. The Bertz CT molecular complexity index is 966. The van der Waals surface area contributed by atoms with Gasteiger partial charge in [-0.1, -0.05) is 17.3 Å². The molecule has 28 heavy (non-hydrogen) atoms. The number of methoxy groups -OCH3 is 2. The number of nitrogens with zero attached hydrogens (tertiary/aromatic N) is 1. The summed E-state index contributed by atoms with van der Waals surface area (Å²) in [5.74, 6) is 0.377. The van der Waals surface area contributed by atoms with Crippen molar-refractivity contribution in [1.29, 1.82) is 0 Å². The first-order valence-electron chi connectivity index (χ1n) is 8.41. The molecule has 0 saturated heterocycles. The van der Waals surface area contributed by atoms with Crippen molar-refractivity contribution >= 4 is 23.2 Å². The highest BCUT2D eigenvalue weighted by molar-refractivity contribution is 6.03. The molecule has 1 heterocycles. The Morgan fingerprint density at radius 2 is 1.68 bits per heavy atom. The van der Waals surface area contributed by atoms with E-state index >= 15 is 0 Å². The Morgan fingerprint density at radius 3 is 2.36 bits per heavy atom. The van der Waals surface area contributed by atoms with Crippen LogP contribution in [-0.4, -0.2) is 37.8 Å². The predicted molar refractivity (Wildman–Crippen MR) is 103 cm³/mol. The van der Waals surface area contributed by atoms with Gasteiger partial charge in [0.05, 0.1) is 12.7 Å². The summed E-state index contributed by atoms with van der Waals surface area (Å²) in [6.07, 6.45) is 0. The second kappa shape index (κ2) is 8.83. The fourth-order valence-electron chi connectivity index (χ4n) is 2.52. The number of carbonyl (C=O) groups is 2. The van der Waals surface area contributed by atoms with Crippen LogP contribution in [0, 0.1) is 0 Å². The van der Waals surface area contributed by atoms with Crippen molar-refractivity contribution in [2.45, 2.75) is 0 Å². The summed E-state index contributed by atoms with van der Waals surface area (Å²) in [7, 11) is 3.01. The molecular weight excluding hydrogens is 362 g/mol. The monoisotopic (exact) mass is 381 g/mol. The Kier molecular flexibility index (Phi) is 6.03. The average molecular weight is 381 g/mol. The number of anilines is 2. The van der Waals surface area contributed by atoms with Gasteiger partial charge in [-0.15, -0.1) is 0 Å². The lowest BCUT2D eigenvalue weighted by atomic mass is 10.1. The number of amides is 2. The van der Waals surface area contributed by atoms with E-state index in [1.54, 1.807) is 43.5 Å². The third-order valence-electron chi connectivity index (χ3n) is 3.82. The SMILES string of the molecule is COCC(=O)Nc1ccc(NC(=O)c2cc(-c3ccccc3OC)on2)cc1. The lowest BCUT2D eigenvalue weighted by molar-refractivity contribution is -0.119. The number of hydrogen-bond donors (Lipinski definition) is 2. The van der Waals surface area contributed by atoms with E-state index in [-0.39, 0.29) is 18.2 Å². The summed E-state index contributed by atoms with van der Waals surface area (Å²) in [5.41, 5.74) is 1.99. The van der Waals surface area contributed by atoms with Gasteiger partial charge in [-0.3, -0.25) is 9.59 Å². The van der Waals surface area contributed by atoms with Gasteiger partial charge < -0.3 is 24.6 Å². The number of carbonyl (C=O) groups excluding carboxylic acids is 2. The molecule has 2 aromatic carbocycles. The lowest BCUT2D eigenvalue weighted by Crippen LogP contribution is -2.17. The topological polar surface area (TPSA) is 103 Å². The van der Waals surface area contributed by atoms with Crippen LogP contribution in [0.15, 0.2) is 59.1 Å². The Morgan fingerprint density at radius 1 is 1.00 bits per heavy atom. The summed E-state index contributed by atoms with van der Waals surface area (Å²) in [4.78, 5) is 23.9. The zero-order valence-electron chi connectivity index (χ0n) is 15.4.